The molecule has 0 aromatic carbocycles. The van der Waals surface area contributed by atoms with Crippen LogP contribution in [0.1, 0.15) is 39.0 Å². The lowest BCUT2D eigenvalue weighted by Crippen LogP contribution is -2.51. The van der Waals surface area contributed by atoms with E-state index in [-0.39, 0.29) is 13.0 Å². The highest BCUT2D eigenvalue weighted by Crippen LogP contribution is 2.33. The van der Waals surface area contributed by atoms with Gasteiger partial charge in [-0.3, -0.25) is 4.79 Å². The molecule has 4 nitrogen and oxygen atoms in total. The van der Waals surface area contributed by atoms with E-state index in [9.17, 15) is 18.0 Å². The van der Waals surface area contributed by atoms with Gasteiger partial charge in [0.05, 0.1) is 0 Å². The van der Waals surface area contributed by atoms with Crippen LogP contribution in [0.2, 0.25) is 0 Å². The van der Waals surface area contributed by atoms with Crippen LogP contribution in [0.3, 0.4) is 0 Å². The monoisotopic (exact) mass is 296 g/mol. The van der Waals surface area contributed by atoms with E-state index in [0.29, 0.717) is 32.5 Å². The molecule has 0 aromatic heterocycles. The maximum Gasteiger partial charge on any atom is 0.406 e. The number of nitrogens with zero attached hydrogens (tertiary/aromatic N) is 1. The number of carbonyl (C=O) groups is 1. The van der Waals surface area contributed by atoms with Gasteiger partial charge < -0.3 is 15.4 Å². The Morgan fingerprint density at radius 1 is 1.40 bits per heavy atom. The van der Waals surface area contributed by atoms with Gasteiger partial charge in [-0.1, -0.05) is 0 Å². The summed E-state index contributed by atoms with van der Waals surface area (Å²) < 4.78 is 42.6. The smallest absolute Gasteiger partial charge is 0.382 e. The summed E-state index contributed by atoms with van der Waals surface area (Å²) in [5, 5.41) is 0. The van der Waals surface area contributed by atoms with Crippen LogP contribution >= 0.6 is 0 Å². The number of halogens is 3. The summed E-state index contributed by atoms with van der Waals surface area (Å²) >= 11 is 0. The third kappa shape index (κ3) is 6.09. The van der Waals surface area contributed by atoms with Gasteiger partial charge in [0.15, 0.2) is 0 Å². The number of amides is 1. The first-order valence-electron chi connectivity index (χ1n) is 6.97. The Kier molecular flexibility index (Phi) is 6.26. The van der Waals surface area contributed by atoms with E-state index in [2.05, 4.69) is 0 Å². The summed E-state index contributed by atoms with van der Waals surface area (Å²) in [6.45, 7) is 1.51. The van der Waals surface area contributed by atoms with E-state index in [1.54, 1.807) is 0 Å². The first-order valence-corrected chi connectivity index (χ1v) is 6.97. The van der Waals surface area contributed by atoms with Crippen molar-refractivity contribution >= 4 is 5.91 Å². The molecule has 0 bridgehead atoms. The average molecular weight is 296 g/mol. The number of ether oxygens (including phenoxy) is 1. The van der Waals surface area contributed by atoms with Crippen molar-refractivity contribution in [2.45, 2.75) is 50.7 Å². The van der Waals surface area contributed by atoms with Crippen LogP contribution in [-0.4, -0.2) is 48.8 Å². The molecule has 7 heteroatoms. The minimum absolute atomic E-state index is 0.00227. The molecule has 1 fully saturated rings. The van der Waals surface area contributed by atoms with Crippen molar-refractivity contribution in [1.29, 1.82) is 0 Å². The molecule has 118 valence electrons. The Balaban J connectivity index is 2.49. The standard InChI is InChI=1S/C13H23F3N2O2/c1-2-20-8-4-7-18(10-13(14,15)16)11(19)9-12(17)5-3-6-12/h2-10,17H2,1H3. The lowest BCUT2D eigenvalue weighted by Gasteiger charge is -2.39. The van der Waals surface area contributed by atoms with Gasteiger partial charge in [0.1, 0.15) is 6.54 Å². The summed E-state index contributed by atoms with van der Waals surface area (Å²) in [6, 6.07) is 0. The number of alkyl halides is 3. The van der Waals surface area contributed by atoms with Crippen molar-refractivity contribution in [3.05, 3.63) is 0 Å². The van der Waals surface area contributed by atoms with Crippen LogP contribution in [0.5, 0.6) is 0 Å². The van der Waals surface area contributed by atoms with Gasteiger partial charge in [-0.25, -0.2) is 0 Å². The Hall–Kier alpha value is -0.820. The fraction of sp³-hybridized carbons (Fsp3) is 0.923. The topological polar surface area (TPSA) is 55.6 Å². The molecule has 0 aromatic rings. The van der Waals surface area contributed by atoms with Crippen LogP contribution in [0.4, 0.5) is 13.2 Å². The molecule has 1 aliphatic carbocycles. The van der Waals surface area contributed by atoms with Crippen LogP contribution in [0.25, 0.3) is 0 Å². The highest BCUT2D eigenvalue weighted by atomic mass is 19.4. The summed E-state index contributed by atoms with van der Waals surface area (Å²) in [6.07, 6.45) is -1.64. The molecule has 1 rings (SSSR count). The van der Waals surface area contributed by atoms with Gasteiger partial charge in [-0.05, 0) is 32.6 Å². The SMILES string of the molecule is CCOCCCN(CC(F)(F)F)C(=O)CC1(N)CCC1. The molecule has 20 heavy (non-hydrogen) atoms. The zero-order valence-electron chi connectivity index (χ0n) is 11.8. The van der Waals surface area contributed by atoms with Crippen LogP contribution < -0.4 is 5.73 Å². The van der Waals surface area contributed by atoms with Crippen molar-refractivity contribution < 1.29 is 22.7 Å². The van der Waals surface area contributed by atoms with Crippen molar-refractivity contribution in [1.82, 2.24) is 4.90 Å². The van der Waals surface area contributed by atoms with E-state index >= 15 is 0 Å². The second-order valence-corrected chi connectivity index (χ2v) is 5.37. The fourth-order valence-corrected chi connectivity index (χ4v) is 2.23. The van der Waals surface area contributed by atoms with E-state index in [1.165, 1.54) is 0 Å². The first kappa shape index (κ1) is 17.2. The van der Waals surface area contributed by atoms with E-state index in [4.69, 9.17) is 10.5 Å². The molecule has 0 radical (unpaired) electrons. The average Bonchev–Trinajstić information content (AvgIpc) is 2.29. The second kappa shape index (κ2) is 7.26. The zero-order valence-corrected chi connectivity index (χ0v) is 11.8. The predicted octanol–water partition coefficient (Wildman–Crippen LogP) is 2.08. The normalized spacial score (nSPS) is 17.6. The molecule has 1 aliphatic rings. The molecule has 0 heterocycles. The molecule has 0 aliphatic heterocycles. The van der Waals surface area contributed by atoms with E-state index in [1.807, 2.05) is 6.92 Å². The quantitative estimate of drug-likeness (QED) is 0.698. The largest absolute Gasteiger partial charge is 0.406 e. The van der Waals surface area contributed by atoms with Crippen molar-refractivity contribution in [2.24, 2.45) is 5.73 Å². The predicted molar refractivity (Wildman–Crippen MR) is 69.1 cm³/mol. The van der Waals surface area contributed by atoms with Gasteiger partial charge in [-0.2, -0.15) is 13.2 Å². The fourth-order valence-electron chi connectivity index (χ4n) is 2.23. The Labute approximate surface area is 117 Å². The molecule has 0 unspecified atom stereocenters. The highest BCUT2D eigenvalue weighted by molar-refractivity contribution is 5.77. The number of hydrogen-bond donors (Lipinski definition) is 1. The Bertz CT molecular complexity index is 317. The first-order chi connectivity index (χ1) is 9.26. The highest BCUT2D eigenvalue weighted by Gasteiger charge is 2.38. The molecule has 1 amide bonds. The molecule has 0 spiro atoms. The van der Waals surface area contributed by atoms with Crippen molar-refractivity contribution in [2.75, 3.05) is 26.3 Å². The summed E-state index contributed by atoms with van der Waals surface area (Å²) in [7, 11) is 0. The zero-order chi connectivity index (χ0) is 15.2. The van der Waals surface area contributed by atoms with Crippen LogP contribution in [0, 0.1) is 0 Å². The molecule has 0 saturated heterocycles. The minimum atomic E-state index is -4.39. The number of nitrogens with two attached hydrogens (primary N) is 1. The second-order valence-electron chi connectivity index (χ2n) is 5.37. The molecular weight excluding hydrogens is 273 g/mol. The summed E-state index contributed by atoms with van der Waals surface area (Å²) in [5.41, 5.74) is 5.33. The van der Waals surface area contributed by atoms with Gasteiger partial charge in [-0.15, -0.1) is 0 Å². The minimum Gasteiger partial charge on any atom is -0.382 e. The maximum atomic E-state index is 12.5. The Morgan fingerprint density at radius 2 is 2.05 bits per heavy atom. The summed E-state index contributed by atoms with van der Waals surface area (Å²) in [4.78, 5) is 12.9. The number of rotatable bonds is 8. The molecule has 1 saturated carbocycles. The van der Waals surface area contributed by atoms with Crippen LogP contribution in [0.15, 0.2) is 0 Å². The van der Waals surface area contributed by atoms with Crippen LogP contribution in [-0.2, 0) is 9.53 Å². The maximum absolute atomic E-state index is 12.5. The third-order valence-corrected chi connectivity index (χ3v) is 3.50. The number of carbonyl (C=O) groups excluding carboxylic acids is 1. The molecule has 2 N–H and O–H groups in total. The van der Waals surface area contributed by atoms with E-state index in [0.717, 1.165) is 11.3 Å². The lowest BCUT2D eigenvalue weighted by atomic mass is 9.75. The summed E-state index contributed by atoms with van der Waals surface area (Å²) in [5.74, 6) is -0.513. The van der Waals surface area contributed by atoms with Gasteiger partial charge in [0, 0.05) is 31.7 Å². The van der Waals surface area contributed by atoms with Gasteiger partial charge in [0.25, 0.3) is 0 Å². The van der Waals surface area contributed by atoms with Crippen molar-refractivity contribution in [3.63, 3.8) is 0 Å². The Morgan fingerprint density at radius 3 is 2.50 bits per heavy atom. The molecule has 0 atom stereocenters. The van der Waals surface area contributed by atoms with E-state index < -0.39 is 24.2 Å². The van der Waals surface area contributed by atoms with Gasteiger partial charge in [0.2, 0.25) is 5.91 Å². The van der Waals surface area contributed by atoms with Gasteiger partial charge >= 0.3 is 6.18 Å². The number of hydrogen-bond acceptors (Lipinski definition) is 3. The van der Waals surface area contributed by atoms with Crippen molar-refractivity contribution in [3.8, 4) is 0 Å². The third-order valence-electron chi connectivity index (χ3n) is 3.50. The molecular formula is C13H23F3N2O2. The lowest BCUT2D eigenvalue weighted by molar-refractivity contribution is -0.162.